The predicted molar refractivity (Wildman–Crippen MR) is 151 cm³/mol. The molecule has 1 aliphatic heterocycles. The van der Waals surface area contributed by atoms with E-state index >= 15 is 0 Å². The van der Waals surface area contributed by atoms with E-state index in [-0.39, 0.29) is 17.6 Å². The minimum atomic E-state index is 0.0154. The number of aromatic hydroxyl groups is 1. The monoisotopic (exact) mass is 508 g/mol. The van der Waals surface area contributed by atoms with Crippen LogP contribution in [0.15, 0.2) is 79.1 Å². The first kappa shape index (κ1) is 25.3. The summed E-state index contributed by atoms with van der Waals surface area (Å²) in [6, 6.07) is 21.1. The molecule has 2 heterocycles. The SMILES string of the molecule is CCN(CC)C(=O)c1ccc(N2CCN(C(=O)c3ccc(-c4cncc(O)c4)c4ccccc34)CC2)cc1. The number of piperazine rings is 1. The van der Waals surface area contributed by atoms with E-state index in [2.05, 4.69) is 9.88 Å². The van der Waals surface area contributed by atoms with E-state index in [1.165, 1.54) is 6.20 Å². The highest BCUT2D eigenvalue weighted by Gasteiger charge is 2.24. The topological polar surface area (TPSA) is 77.0 Å². The van der Waals surface area contributed by atoms with Crippen molar-refractivity contribution in [2.45, 2.75) is 13.8 Å². The van der Waals surface area contributed by atoms with Crippen molar-refractivity contribution >= 4 is 28.3 Å². The Kier molecular flexibility index (Phi) is 7.26. The molecule has 3 aromatic carbocycles. The lowest BCUT2D eigenvalue weighted by atomic mass is 9.95. The zero-order valence-electron chi connectivity index (χ0n) is 21.8. The Hall–Kier alpha value is -4.39. The highest BCUT2D eigenvalue weighted by atomic mass is 16.3. The summed E-state index contributed by atoms with van der Waals surface area (Å²) in [4.78, 5) is 36.3. The van der Waals surface area contributed by atoms with Gasteiger partial charge in [0, 0.05) is 67.8 Å². The molecule has 0 bridgehead atoms. The third-order valence-corrected chi connectivity index (χ3v) is 7.29. The van der Waals surface area contributed by atoms with Gasteiger partial charge in [0.15, 0.2) is 0 Å². The summed E-state index contributed by atoms with van der Waals surface area (Å²) < 4.78 is 0. The van der Waals surface area contributed by atoms with E-state index in [0.29, 0.717) is 37.3 Å². The van der Waals surface area contributed by atoms with E-state index in [4.69, 9.17) is 0 Å². The maximum atomic E-state index is 13.6. The van der Waals surface area contributed by atoms with Crippen molar-refractivity contribution in [1.29, 1.82) is 0 Å². The van der Waals surface area contributed by atoms with Crippen LogP contribution in [0.2, 0.25) is 0 Å². The molecule has 1 fully saturated rings. The fourth-order valence-electron chi connectivity index (χ4n) is 5.16. The van der Waals surface area contributed by atoms with Crippen LogP contribution < -0.4 is 4.90 Å². The Morgan fingerprint density at radius 3 is 2.21 bits per heavy atom. The Morgan fingerprint density at radius 1 is 0.868 bits per heavy atom. The molecular formula is C31H32N4O3. The molecule has 7 nitrogen and oxygen atoms in total. The molecule has 38 heavy (non-hydrogen) atoms. The normalized spacial score (nSPS) is 13.5. The van der Waals surface area contributed by atoms with Crippen LogP contribution in [-0.2, 0) is 0 Å². The number of pyridine rings is 1. The first-order chi connectivity index (χ1) is 18.5. The van der Waals surface area contributed by atoms with Gasteiger partial charge in [0.25, 0.3) is 11.8 Å². The summed E-state index contributed by atoms with van der Waals surface area (Å²) in [6.45, 7) is 8.04. The van der Waals surface area contributed by atoms with Crippen molar-refractivity contribution in [1.82, 2.24) is 14.8 Å². The molecule has 1 saturated heterocycles. The Labute approximate surface area is 222 Å². The zero-order valence-corrected chi connectivity index (χ0v) is 21.8. The average Bonchev–Trinajstić information content (AvgIpc) is 2.97. The molecule has 0 radical (unpaired) electrons. The molecule has 1 aromatic heterocycles. The summed E-state index contributed by atoms with van der Waals surface area (Å²) >= 11 is 0. The number of hydrogen-bond donors (Lipinski definition) is 1. The van der Waals surface area contributed by atoms with Gasteiger partial charge in [-0.25, -0.2) is 0 Å². The van der Waals surface area contributed by atoms with Crippen LogP contribution in [0.5, 0.6) is 5.75 Å². The minimum absolute atomic E-state index is 0.0154. The van der Waals surface area contributed by atoms with E-state index in [0.717, 1.165) is 40.7 Å². The molecule has 7 heteroatoms. The smallest absolute Gasteiger partial charge is 0.254 e. The number of rotatable bonds is 6. The lowest BCUT2D eigenvalue weighted by Gasteiger charge is -2.36. The van der Waals surface area contributed by atoms with Crippen LogP contribution in [-0.4, -0.2) is 71.0 Å². The van der Waals surface area contributed by atoms with E-state index in [9.17, 15) is 14.7 Å². The maximum absolute atomic E-state index is 13.6. The van der Waals surface area contributed by atoms with Crippen LogP contribution in [0.1, 0.15) is 34.6 Å². The number of amides is 2. The van der Waals surface area contributed by atoms with E-state index < -0.39 is 0 Å². The summed E-state index contributed by atoms with van der Waals surface area (Å²) in [5.41, 5.74) is 4.16. The van der Waals surface area contributed by atoms with Crippen molar-refractivity contribution < 1.29 is 14.7 Å². The second-order valence-electron chi connectivity index (χ2n) is 9.44. The van der Waals surface area contributed by atoms with Crippen molar-refractivity contribution in [2.24, 2.45) is 0 Å². The summed E-state index contributed by atoms with van der Waals surface area (Å²) in [6.07, 6.45) is 3.12. The molecule has 194 valence electrons. The van der Waals surface area contributed by atoms with Gasteiger partial charge in [-0.2, -0.15) is 0 Å². The average molecular weight is 509 g/mol. The Bertz CT molecular complexity index is 1460. The lowest BCUT2D eigenvalue weighted by Crippen LogP contribution is -2.48. The van der Waals surface area contributed by atoms with E-state index in [1.54, 1.807) is 12.3 Å². The van der Waals surface area contributed by atoms with Crippen molar-refractivity contribution in [3.63, 3.8) is 0 Å². The lowest BCUT2D eigenvalue weighted by molar-refractivity contribution is 0.0746. The van der Waals surface area contributed by atoms with Gasteiger partial charge in [0.1, 0.15) is 5.75 Å². The molecule has 0 spiro atoms. The fraction of sp³-hybridized carbons (Fsp3) is 0.258. The van der Waals surface area contributed by atoms with Crippen LogP contribution in [0.3, 0.4) is 0 Å². The Morgan fingerprint density at radius 2 is 1.55 bits per heavy atom. The van der Waals surface area contributed by atoms with Gasteiger partial charge in [0.2, 0.25) is 0 Å². The predicted octanol–water partition coefficient (Wildman–Crippen LogP) is 5.05. The van der Waals surface area contributed by atoms with E-state index in [1.807, 2.05) is 84.3 Å². The van der Waals surface area contributed by atoms with Gasteiger partial charge >= 0.3 is 0 Å². The number of carbonyl (C=O) groups is 2. The third-order valence-electron chi connectivity index (χ3n) is 7.29. The molecule has 5 rings (SSSR count). The number of hydrogen-bond acceptors (Lipinski definition) is 5. The fourth-order valence-corrected chi connectivity index (χ4v) is 5.16. The summed E-state index contributed by atoms with van der Waals surface area (Å²) in [5, 5.41) is 11.7. The molecule has 1 N–H and O–H groups in total. The maximum Gasteiger partial charge on any atom is 0.254 e. The van der Waals surface area contributed by atoms with Gasteiger partial charge in [-0.3, -0.25) is 14.6 Å². The number of aromatic nitrogens is 1. The van der Waals surface area contributed by atoms with Crippen molar-refractivity contribution in [2.75, 3.05) is 44.2 Å². The number of benzene rings is 3. The first-order valence-corrected chi connectivity index (χ1v) is 13.1. The van der Waals surface area contributed by atoms with Gasteiger partial charge in [-0.05, 0) is 66.6 Å². The number of nitrogens with zero attached hydrogens (tertiary/aromatic N) is 4. The number of carbonyl (C=O) groups excluding carboxylic acids is 2. The van der Waals surface area contributed by atoms with Gasteiger partial charge in [-0.1, -0.05) is 30.3 Å². The van der Waals surface area contributed by atoms with Gasteiger partial charge in [-0.15, -0.1) is 0 Å². The highest BCUT2D eigenvalue weighted by Crippen LogP contribution is 2.32. The third kappa shape index (κ3) is 4.92. The molecule has 0 aliphatic carbocycles. The van der Waals surface area contributed by atoms with Gasteiger partial charge < -0.3 is 19.8 Å². The molecule has 0 atom stereocenters. The van der Waals surface area contributed by atoms with Crippen molar-refractivity contribution in [3.05, 3.63) is 90.3 Å². The van der Waals surface area contributed by atoms with Crippen molar-refractivity contribution in [3.8, 4) is 16.9 Å². The number of fused-ring (bicyclic) bond motifs is 1. The summed E-state index contributed by atoms with van der Waals surface area (Å²) in [7, 11) is 0. The minimum Gasteiger partial charge on any atom is -0.506 e. The zero-order chi connectivity index (χ0) is 26.6. The highest BCUT2D eigenvalue weighted by molar-refractivity contribution is 6.11. The van der Waals surface area contributed by atoms with Crippen LogP contribution in [0, 0.1) is 0 Å². The summed E-state index contributed by atoms with van der Waals surface area (Å²) in [5.74, 6) is 0.173. The second-order valence-corrected chi connectivity index (χ2v) is 9.44. The standard InChI is InChI=1S/C31H32N4O3/c1-3-33(4-2)30(37)22-9-11-24(12-10-22)34-15-17-35(18-16-34)31(38)29-14-13-26(23-19-25(36)21-32-20-23)27-7-5-6-8-28(27)29/h5-14,19-21,36H,3-4,15-18H2,1-2H3. The largest absolute Gasteiger partial charge is 0.506 e. The van der Waals surface area contributed by atoms with Gasteiger partial charge in [0.05, 0.1) is 6.20 Å². The van der Waals surface area contributed by atoms with Crippen LogP contribution >= 0.6 is 0 Å². The number of anilines is 1. The molecule has 2 amide bonds. The quantitative estimate of drug-likeness (QED) is 0.394. The molecule has 1 aliphatic rings. The molecule has 4 aromatic rings. The molecular weight excluding hydrogens is 476 g/mol. The Balaban J connectivity index is 1.31. The second kappa shape index (κ2) is 10.9. The first-order valence-electron chi connectivity index (χ1n) is 13.1. The molecule has 0 saturated carbocycles. The van der Waals surface area contributed by atoms with Crippen LogP contribution in [0.25, 0.3) is 21.9 Å². The molecule has 0 unspecified atom stereocenters. The van der Waals surface area contributed by atoms with Crippen LogP contribution in [0.4, 0.5) is 5.69 Å².